The number of halogens is 3. The Balaban J connectivity index is 1.46. The monoisotopic (exact) mass is 420 g/mol. The Labute approximate surface area is 174 Å². The molecule has 0 bridgehead atoms. The van der Waals surface area contributed by atoms with Crippen LogP contribution in [0.4, 0.5) is 19.1 Å². The summed E-state index contributed by atoms with van der Waals surface area (Å²) in [4.78, 5) is 21.6. The third-order valence-corrected chi connectivity index (χ3v) is 5.97. The maximum Gasteiger partial charge on any atom is 0.433 e. The fraction of sp³-hybridized carbons (Fsp3) is 0.619. The molecule has 2 aliphatic heterocycles. The molecule has 0 aliphatic carbocycles. The fourth-order valence-electron chi connectivity index (χ4n) is 4.23. The molecule has 4 rings (SSSR count). The van der Waals surface area contributed by atoms with Crippen molar-refractivity contribution < 1.29 is 13.2 Å². The van der Waals surface area contributed by atoms with Gasteiger partial charge in [-0.2, -0.15) is 13.2 Å². The van der Waals surface area contributed by atoms with Crippen molar-refractivity contribution in [2.75, 3.05) is 24.5 Å². The molecule has 0 N–H and O–H groups in total. The number of nitrogens with zero attached hydrogens (tertiary/aromatic N) is 6. The molecular weight excluding hydrogens is 393 g/mol. The molecule has 2 aliphatic rings. The largest absolute Gasteiger partial charge is 0.433 e. The summed E-state index contributed by atoms with van der Waals surface area (Å²) in [5.74, 6) is 1.74. The van der Waals surface area contributed by atoms with Crippen LogP contribution in [0.15, 0.2) is 18.5 Å². The molecule has 1 unspecified atom stereocenters. The van der Waals surface area contributed by atoms with E-state index < -0.39 is 11.9 Å². The van der Waals surface area contributed by atoms with Gasteiger partial charge in [-0.05, 0) is 51.1 Å². The number of piperidine rings is 1. The van der Waals surface area contributed by atoms with Gasteiger partial charge >= 0.3 is 6.18 Å². The molecule has 0 radical (unpaired) electrons. The average molecular weight is 420 g/mol. The summed E-state index contributed by atoms with van der Waals surface area (Å²) in [6, 6.07) is 0.769. The minimum Gasteiger partial charge on any atom is -0.341 e. The Morgan fingerprint density at radius 2 is 1.73 bits per heavy atom. The maximum atomic E-state index is 13.2. The summed E-state index contributed by atoms with van der Waals surface area (Å²) in [5.41, 5.74) is 0.405. The summed E-state index contributed by atoms with van der Waals surface area (Å²) >= 11 is 0. The average Bonchev–Trinajstić information content (AvgIpc) is 3.16. The first-order chi connectivity index (χ1) is 14.3. The summed E-state index contributed by atoms with van der Waals surface area (Å²) in [7, 11) is 0. The summed E-state index contributed by atoms with van der Waals surface area (Å²) < 4.78 is 39.5. The molecule has 9 heteroatoms. The van der Waals surface area contributed by atoms with Gasteiger partial charge in [0.1, 0.15) is 11.5 Å². The molecule has 4 heterocycles. The standard InChI is InChI=1S/C21H27F3N6/c1-14-5-8-29(9-6-14)20-25-11-16(12-26-20)13-30-7-3-4-17(30)19-27-15(2)10-18(28-19)21(22,23)24/h10-12,14,17H,3-9,13H2,1-2H3. The van der Waals surface area contributed by atoms with Crippen molar-refractivity contribution in [1.29, 1.82) is 0 Å². The van der Waals surface area contributed by atoms with E-state index in [1.165, 1.54) is 0 Å². The predicted molar refractivity (Wildman–Crippen MR) is 107 cm³/mol. The van der Waals surface area contributed by atoms with Crippen molar-refractivity contribution in [1.82, 2.24) is 24.8 Å². The van der Waals surface area contributed by atoms with Crippen LogP contribution in [0.5, 0.6) is 0 Å². The zero-order valence-electron chi connectivity index (χ0n) is 17.4. The summed E-state index contributed by atoms with van der Waals surface area (Å²) in [5, 5.41) is 0. The summed E-state index contributed by atoms with van der Waals surface area (Å²) in [6.07, 6.45) is 3.12. The Hall–Kier alpha value is -2.29. The molecule has 2 aromatic rings. The SMILES string of the molecule is Cc1cc(C(F)(F)F)nc(C2CCCN2Cc2cnc(N3CCC(C)CC3)nc2)n1. The van der Waals surface area contributed by atoms with Gasteiger partial charge in [-0.25, -0.2) is 19.9 Å². The number of hydrogen-bond acceptors (Lipinski definition) is 6. The van der Waals surface area contributed by atoms with E-state index in [1.807, 2.05) is 12.4 Å². The van der Waals surface area contributed by atoms with Crippen LogP contribution in [-0.4, -0.2) is 44.5 Å². The Morgan fingerprint density at radius 3 is 2.40 bits per heavy atom. The van der Waals surface area contributed by atoms with Crippen LogP contribution in [0.2, 0.25) is 0 Å². The van der Waals surface area contributed by atoms with E-state index in [2.05, 4.69) is 36.7 Å². The number of aromatic nitrogens is 4. The summed E-state index contributed by atoms with van der Waals surface area (Å²) in [6.45, 7) is 7.15. The molecule has 0 aromatic carbocycles. The maximum absolute atomic E-state index is 13.2. The molecule has 2 fully saturated rings. The van der Waals surface area contributed by atoms with Gasteiger partial charge in [-0.3, -0.25) is 4.90 Å². The van der Waals surface area contributed by atoms with Gasteiger partial charge in [0.25, 0.3) is 0 Å². The van der Waals surface area contributed by atoms with Gasteiger partial charge in [0.05, 0.1) is 6.04 Å². The lowest BCUT2D eigenvalue weighted by molar-refractivity contribution is -0.141. The molecule has 0 saturated carbocycles. The quantitative estimate of drug-likeness (QED) is 0.740. The second-order valence-electron chi connectivity index (χ2n) is 8.44. The van der Waals surface area contributed by atoms with Crippen molar-refractivity contribution in [2.45, 2.75) is 58.3 Å². The molecule has 2 aromatic heterocycles. The molecule has 0 amide bonds. The van der Waals surface area contributed by atoms with E-state index in [0.29, 0.717) is 12.2 Å². The lowest BCUT2D eigenvalue weighted by atomic mass is 10.00. The minimum atomic E-state index is -4.47. The molecular formula is C21H27F3N6. The van der Waals surface area contributed by atoms with Crippen molar-refractivity contribution >= 4 is 5.95 Å². The predicted octanol–water partition coefficient (Wildman–Crippen LogP) is 4.17. The van der Waals surface area contributed by atoms with Crippen molar-refractivity contribution in [3.8, 4) is 0 Å². The van der Waals surface area contributed by atoms with Crippen LogP contribution < -0.4 is 4.90 Å². The van der Waals surface area contributed by atoms with E-state index in [-0.39, 0.29) is 11.9 Å². The number of anilines is 1. The normalized spacial score (nSPS) is 21.4. The van der Waals surface area contributed by atoms with E-state index >= 15 is 0 Å². The van der Waals surface area contributed by atoms with E-state index in [1.54, 1.807) is 6.92 Å². The van der Waals surface area contributed by atoms with E-state index in [4.69, 9.17) is 0 Å². The van der Waals surface area contributed by atoms with Crippen molar-refractivity contribution in [3.63, 3.8) is 0 Å². The highest BCUT2D eigenvalue weighted by Crippen LogP contribution is 2.34. The molecule has 2 saturated heterocycles. The van der Waals surface area contributed by atoms with Gasteiger partial charge in [0, 0.05) is 43.3 Å². The van der Waals surface area contributed by atoms with Gasteiger partial charge in [0.15, 0.2) is 0 Å². The van der Waals surface area contributed by atoms with Crippen molar-refractivity contribution in [3.05, 3.63) is 41.2 Å². The Bertz CT molecular complexity index is 862. The van der Waals surface area contributed by atoms with E-state index in [9.17, 15) is 13.2 Å². The number of aryl methyl sites for hydroxylation is 1. The molecule has 162 valence electrons. The van der Waals surface area contributed by atoms with Crippen LogP contribution in [-0.2, 0) is 12.7 Å². The molecule has 0 spiro atoms. The highest BCUT2D eigenvalue weighted by Gasteiger charge is 2.36. The molecule has 30 heavy (non-hydrogen) atoms. The number of rotatable bonds is 4. The second-order valence-corrected chi connectivity index (χ2v) is 8.44. The first-order valence-corrected chi connectivity index (χ1v) is 10.5. The van der Waals surface area contributed by atoms with Gasteiger partial charge in [0.2, 0.25) is 5.95 Å². The molecule has 6 nitrogen and oxygen atoms in total. The van der Waals surface area contributed by atoms with Gasteiger partial charge in [-0.15, -0.1) is 0 Å². The molecule has 1 atom stereocenters. The Kier molecular flexibility index (Phi) is 5.90. The second kappa shape index (κ2) is 8.45. The van der Waals surface area contributed by atoms with Crippen LogP contribution in [0, 0.1) is 12.8 Å². The zero-order valence-corrected chi connectivity index (χ0v) is 17.4. The number of hydrogen-bond donors (Lipinski definition) is 0. The van der Waals surface area contributed by atoms with Crippen LogP contribution >= 0.6 is 0 Å². The lowest BCUT2D eigenvalue weighted by Gasteiger charge is -2.30. The number of alkyl halides is 3. The Morgan fingerprint density at radius 1 is 1.03 bits per heavy atom. The smallest absolute Gasteiger partial charge is 0.341 e. The minimum absolute atomic E-state index is 0.228. The topological polar surface area (TPSA) is 58.0 Å². The third kappa shape index (κ3) is 4.71. The van der Waals surface area contributed by atoms with Crippen LogP contribution in [0.3, 0.4) is 0 Å². The highest BCUT2D eigenvalue weighted by atomic mass is 19.4. The highest BCUT2D eigenvalue weighted by molar-refractivity contribution is 5.30. The first-order valence-electron chi connectivity index (χ1n) is 10.5. The van der Waals surface area contributed by atoms with Crippen molar-refractivity contribution in [2.24, 2.45) is 5.92 Å². The first kappa shape index (κ1) is 21.0. The van der Waals surface area contributed by atoms with Crippen LogP contribution in [0.25, 0.3) is 0 Å². The zero-order chi connectivity index (χ0) is 21.3. The van der Waals surface area contributed by atoms with Crippen LogP contribution in [0.1, 0.15) is 61.4 Å². The number of likely N-dealkylation sites (tertiary alicyclic amines) is 1. The van der Waals surface area contributed by atoms with Gasteiger partial charge < -0.3 is 4.90 Å². The van der Waals surface area contributed by atoms with Gasteiger partial charge in [-0.1, -0.05) is 6.92 Å². The van der Waals surface area contributed by atoms with E-state index in [0.717, 1.165) is 68.8 Å². The lowest BCUT2D eigenvalue weighted by Crippen LogP contribution is -2.34. The fourth-order valence-corrected chi connectivity index (χ4v) is 4.23. The third-order valence-electron chi connectivity index (χ3n) is 5.97.